The molecule has 1 aliphatic heterocycles. The van der Waals surface area contributed by atoms with Crippen LogP contribution in [0.4, 0.5) is 10.1 Å². The highest BCUT2D eigenvalue weighted by Gasteiger charge is 2.37. The third-order valence-corrected chi connectivity index (χ3v) is 4.19. The van der Waals surface area contributed by atoms with Crippen LogP contribution in [0, 0.1) is 5.82 Å². The number of halogens is 1. The van der Waals surface area contributed by atoms with Crippen molar-refractivity contribution in [3.8, 4) is 0 Å². The van der Waals surface area contributed by atoms with Crippen molar-refractivity contribution in [3.05, 3.63) is 29.6 Å². The first kappa shape index (κ1) is 11.0. The summed E-state index contributed by atoms with van der Waals surface area (Å²) in [7, 11) is 0. The van der Waals surface area contributed by atoms with Gasteiger partial charge in [0.15, 0.2) is 0 Å². The van der Waals surface area contributed by atoms with Crippen LogP contribution >= 0.6 is 0 Å². The van der Waals surface area contributed by atoms with E-state index in [0.29, 0.717) is 0 Å². The molecule has 2 fully saturated rings. The third-order valence-electron chi connectivity index (χ3n) is 4.19. The summed E-state index contributed by atoms with van der Waals surface area (Å²) in [6, 6.07) is 5.11. The van der Waals surface area contributed by atoms with Gasteiger partial charge in [-0.15, -0.1) is 0 Å². The highest BCUT2D eigenvalue weighted by molar-refractivity contribution is 5.58. The van der Waals surface area contributed by atoms with Crippen molar-refractivity contribution in [1.29, 1.82) is 0 Å². The molecule has 3 heteroatoms. The summed E-state index contributed by atoms with van der Waals surface area (Å²) >= 11 is 0. The summed E-state index contributed by atoms with van der Waals surface area (Å²) in [6.45, 7) is 2.16. The molecule has 2 nitrogen and oxygen atoms in total. The van der Waals surface area contributed by atoms with E-state index in [-0.39, 0.29) is 11.4 Å². The fourth-order valence-corrected chi connectivity index (χ4v) is 2.97. The Labute approximate surface area is 102 Å². The van der Waals surface area contributed by atoms with Crippen LogP contribution in [0.2, 0.25) is 0 Å². The molecule has 1 aromatic rings. The lowest BCUT2D eigenvalue weighted by Crippen LogP contribution is -2.44. The van der Waals surface area contributed by atoms with Crippen LogP contribution < -0.4 is 10.6 Å². The lowest BCUT2D eigenvalue weighted by atomic mass is 9.72. The summed E-state index contributed by atoms with van der Waals surface area (Å²) in [5.74, 6) is -0.167. The predicted octanol–water partition coefficient (Wildman–Crippen LogP) is 2.76. The van der Waals surface area contributed by atoms with E-state index < -0.39 is 0 Å². The first-order valence-electron chi connectivity index (χ1n) is 6.53. The number of hydrogen-bond donors (Lipinski definition) is 1. The number of anilines is 1. The first-order chi connectivity index (χ1) is 8.19. The van der Waals surface area contributed by atoms with Gasteiger partial charge in [-0.1, -0.05) is 0 Å². The van der Waals surface area contributed by atoms with Gasteiger partial charge in [-0.25, -0.2) is 4.39 Å². The summed E-state index contributed by atoms with van der Waals surface area (Å²) in [5.41, 5.74) is 8.27. The number of nitrogens with two attached hydrogens (primary N) is 1. The molecule has 2 aliphatic rings. The van der Waals surface area contributed by atoms with Gasteiger partial charge in [0.05, 0.1) is 0 Å². The number of nitrogens with zero attached hydrogens (tertiary/aromatic N) is 1. The van der Waals surface area contributed by atoms with Gasteiger partial charge in [-0.2, -0.15) is 0 Å². The molecular weight excluding hydrogens is 215 g/mol. The Balaban J connectivity index is 2.01. The van der Waals surface area contributed by atoms with Crippen molar-refractivity contribution in [2.24, 2.45) is 5.73 Å². The van der Waals surface area contributed by atoms with Crippen LogP contribution in [-0.2, 0) is 5.54 Å². The molecule has 0 aromatic heterocycles. The molecule has 1 heterocycles. The van der Waals surface area contributed by atoms with Crippen molar-refractivity contribution >= 4 is 5.69 Å². The Morgan fingerprint density at radius 1 is 1.12 bits per heavy atom. The Bertz CT molecular complexity index is 420. The Kier molecular flexibility index (Phi) is 2.58. The maximum Gasteiger partial charge on any atom is 0.123 e. The first-order valence-corrected chi connectivity index (χ1v) is 6.53. The van der Waals surface area contributed by atoms with Crippen LogP contribution in [-0.4, -0.2) is 13.1 Å². The van der Waals surface area contributed by atoms with Crippen molar-refractivity contribution in [3.63, 3.8) is 0 Å². The zero-order chi connectivity index (χ0) is 11.9. The van der Waals surface area contributed by atoms with E-state index in [1.54, 1.807) is 12.1 Å². The molecule has 0 unspecified atom stereocenters. The summed E-state index contributed by atoms with van der Waals surface area (Å²) in [5, 5.41) is 0. The molecule has 0 atom stereocenters. The van der Waals surface area contributed by atoms with E-state index in [0.717, 1.165) is 43.6 Å². The maximum atomic E-state index is 13.5. The average Bonchev–Trinajstić information content (AvgIpc) is 2.79. The number of hydrogen-bond acceptors (Lipinski definition) is 2. The quantitative estimate of drug-likeness (QED) is 0.852. The Morgan fingerprint density at radius 3 is 2.41 bits per heavy atom. The number of benzene rings is 1. The zero-order valence-corrected chi connectivity index (χ0v) is 10.1. The molecular formula is C14H19FN2. The van der Waals surface area contributed by atoms with Gasteiger partial charge < -0.3 is 10.6 Å². The third kappa shape index (κ3) is 1.82. The van der Waals surface area contributed by atoms with Crippen molar-refractivity contribution in [2.45, 2.75) is 37.6 Å². The van der Waals surface area contributed by atoms with Crippen LogP contribution in [0.1, 0.15) is 37.7 Å². The predicted molar refractivity (Wildman–Crippen MR) is 67.6 cm³/mol. The summed E-state index contributed by atoms with van der Waals surface area (Å²) < 4.78 is 13.5. The van der Waals surface area contributed by atoms with Crippen LogP contribution in [0.3, 0.4) is 0 Å². The van der Waals surface area contributed by atoms with Crippen LogP contribution in [0.25, 0.3) is 0 Å². The lowest BCUT2D eigenvalue weighted by Gasteiger charge is -2.41. The molecule has 17 heavy (non-hydrogen) atoms. The van der Waals surface area contributed by atoms with Gasteiger partial charge in [-0.3, -0.25) is 0 Å². The van der Waals surface area contributed by atoms with Gasteiger partial charge >= 0.3 is 0 Å². The molecule has 2 N–H and O–H groups in total. The normalized spacial score (nSPS) is 22.6. The van der Waals surface area contributed by atoms with Gasteiger partial charge in [0.1, 0.15) is 5.82 Å². The second-order valence-corrected chi connectivity index (χ2v) is 5.37. The standard InChI is InChI=1S/C14H19FN2/c15-11-4-5-13(17-8-1-2-9-17)12(10-11)14(16)6-3-7-14/h4-5,10H,1-3,6-9,16H2. The molecule has 1 saturated heterocycles. The topological polar surface area (TPSA) is 29.3 Å². The molecule has 0 bridgehead atoms. The fourth-order valence-electron chi connectivity index (χ4n) is 2.97. The van der Waals surface area contributed by atoms with E-state index in [2.05, 4.69) is 4.90 Å². The van der Waals surface area contributed by atoms with Crippen molar-refractivity contribution < 1.29 is 4.39 Å². The minimum atomic E-state index is -0.278. The molecule has 3 rings (SSSR count). The Morgan fingerprint density at radius 2 is 1.82 bits per heavy atom. The minimum absolute atomic E-state index is 0.167. The second kappa shape index (κ2) is 3.98. The smallest absolute Gasteiger partial charge is 0.123 e. The molecule has 1 aliphatic carbocycles. The zero-order valence-electron chi connectivity index (χ0n) is 10.1. The lowest BCUT2D eigenvalue weighted by molar-refractivity contribution is 0.253. The van der Waals surface area contributed by atoms with E-state index in [9.17, 15) is 4.39 Å². The SMILES string of the molecule is NC1(c2cc(F)ccc2N2CCCC2)CCC1. The monoisotopic (exact) mass is 234 g/mol. The minimum Gasteiger partial charge on any atom is -0.371 e. The van der Waals surface area contributed by atoms with Crippen molar-refractivity contribution in [1.82, 2.24) is 0 Å². The average molecular weight is 234 g/mol. The van der Waals surface area contributed by atoms with Crippen LogP contribution in [0.5, 0.6) is 0 Å². The highest BCUT2D eigenvalue weighted by atomic mass is 19.1. The summed E-state index contributed by atoms with van der Waals surface area (Å²) in [6.07, 6.45) is 5.59. The highest BCUT2D eigenvalue weighted by Crippen LogP contribution is 2.43. The van der Waals surface area contributed by atoms with E-state index in [4.69, 9.17) is 5.73 Å². The second-order valence-electron chi connectivity index (χ2n) is 5.37. The van der Waals surface area contributed by atoms with E-state index >= 15 is 0 Å². The molecule has 0 amide bonds. The molecule has 0 radical (unpaired) electrons. The number of rotatable bonds is 2. The Hall–Kier alpha value is -1.09. The maximum absolute atomic E-state index is 13.5. The van der Waals surface area contributed by atoms with E-state index in [1.807, 2.05) is 6.07 Å². The van der Waals surface area contributed by atoms with Crippen molar-refractivity contribution in [2.75, 3.05) is 18.0 Å². The molecule has 1 saturated carbocycles. The van der Waals surface area contributed by atoms with Gasteiger partial charge in [0, 0.05) is 24.3 Å². The summed E-state index contributed by atoms with van der Waals surface area (Å²) in [4.78, 5) is 2.35. The molecule has 1 aromatic carbocycles. The van der Waals surface area contributed by atoms with Crippen LogP contribution in [0.15, 0.2) is 18.2 Å². The van der Waals surface area contributed by atoms with E-state index in [1.165, 1.54) is 12.8 Å². The largest absolute Gasteiger partial charge is 0.371 e. The fraction of sp³-hybridized carbons (Fsp3) is 0.571. The molecule has 92 valence electrons. The van der Waals surface area contributed by atoms with Gasteiger partial charge in [0.25, 0.3) is 0 Å². The van der Waals surface area contributed by atoms with Gasteiger partial charge in [0.2, 0.25) is 0 Å². The van der Waals surface area contributed by atoms with Gasteiger partial charge in [-0.05, 0) is 55.9 Å². The molecule has 0 spiro atoms.